The smallest absolute Gasteiger partial charge is 0.0805 e. The van der Waals surface area contributed by atoms with Crippen molar-refractivity contribution in [3.05, 3.63) is 58.1 Å². The second-order valence-corrected chi connectivity index (χ2v) is 9.88. The molecule has 0 radical (unpaired) electrons. The van der Waals surface area contributed by atoms with Gasteiger partial charge in [0.2, 0.25) is 0 Å². The summed E-state index contributed by atoms with van der Waals surface area (Å²) < 4.78 is 0. The van der Waals surface area contributed by atoms with Crippen LogP contribution in [-0.4, -0.2) is 40.8 Å². The first-order valence-electron chi connectivity index (χ1n) is 11.2. The first-order valence-corrected chi connectivity index (χ1v) is 12.0. The number of hydrogen-bond acceptors (Lipinski definition) is 3. The van der Waals surface area contributed by atoms with Gasteiger partial charge in [-0.25, -0.2) is 0 Å². The minimum Gasteiger partial charge on any atom is -0.388 e. The van der Waals surface area contributed by atoms with Crippen LogP contribution in [0.5, 0.6) is 0 Å². The predicted octanol–water partition coefficient (Wildman–Crippen LogP) is 5.69. The summed E-state index contributed by atoms with van der Waals surface area (Å²) in [6.45, 7) is 2.03. The Bertz CT molecular complexity index is 866. The Balaban J connectivity index is 1.46. The molecule has 2 unspecified atom stereocenters. The predicted molar refractivity (Wildman–Crippen MR) is 126 cm³/mol. The standard InChI is InChI=1S/C25H32Cl2N2O/c26-22-8-7-20(17-23(22)27)19-5-3-4-18(16-19)9-13-25(30)12-2-1-6-24(25)29-14-10-21(28)11-15-29/h3-5,7-8,16-17,21,24,30H,1-2,6,9-15,28H2. The van der Waals surface area contributed by atoms with Gasteiger partial charge in [0.05, 0.1) is 15.6 Å². The molecule has 0 amide bonds. The highest BCUT2D eigenvalue weighted by Gasteiger charge is 2.42. The van der Waals surface area contributed by atoms with E-state index in [1.54, 1.807) is 0 Å². The van der Waals surface area contributed by atoms with Gasteiger partial charge in [0.15, 0.2) is 0 Å². The maximum atomic E-state index is 11.7. The van der Waals surface area contributed by atoms with Gasteiger partial charge < -0.3 is 10.8 Å². The van der Waals surface area contributed by atoms with Crippen LogP contribution in [0.3, 0.4) is 0 Å². The second-order valence-electron chi connectivity index (χ2n) is 9.07. The van der Waals surface area contributed by atoms with Crippen molar-refractivity contribution in [1.82, 2.24) is 4.90 Å². The number of aryl methyl sites for hydroxylation is 1. The summed E-state index contributed by atoms with van der Waals surface area (Å²) in [5.74, 6) is 0. The highest BCUT2D eigenvalue weighted by atomic mass is 35.5. The van der Waals surface area contributed by atoms with E-state index in [4.69, 9.17) is 28.9 Å². The molecule has 1 saturated heterocycles. The molecular weight excluding hydrogens is 415 g/mol. The minimum atomic E-state index is -0.612. The molecule has 4 rings (SSSR count). The van der Waals surface area contributed by atoms with Crippen molar-refractivity contribution in [2.75, 3.05) is 13.1 Å². The van der Waals surface area contributed by atoms with Gasteiger partial charge in [-0.3, -0.25) is 4.90 Å². The number of hydrogen-bond donors (Lipinski definition) is 2. The second kappa shape index (κ2) is 9.58. The summed E-state index contributed by atoms with van der Waals surface area (Å²) in [5, 5.41) is 12.8. The zero-order valence-corrected chi connectivity index (χ0v) is 19.0. The Labute approximate surface area is 190 Å². The van der Waals surface area contributed by atoms with Crippen LogP contribution in [0.25, 0.3) is 11.1 Å². The van der Waals surface area contributed by atoms with Crippen LogP contribution in [0.15, 0.2) is 42.5 Å². The monoisotopic (exact) mass is 446 g/mol. The molecule has 2 aromatic carbocycles. The highest BCUT2D eigenvalue weighted by molar-refractivity contribution is 6.42. The van der Waals surface area contributed by atoms with Crippen LogP contribution < -0.4 is 5.73 Å². The third kappa shape index (κ3) is 5.03. The zero-order valence-electron chi connectivity index (χ0n) is 17.5. The third-order valence-corrected chi connectivity index (χ3v) is 7.74. The van der Waals surface area contributed by atoms with Crippen LogP contribution in [0.2, 0.25) is 10.0 Å². The normalized spacial score (nSPS) is 26.1. The molecule has 3 nitrogen and oxygen atoms in total. The average molecular weight is 447 g/mol. The van der Waals surface area contributed by atoms with Gasteiger partial charge in [-0.2, -0.15) is 0 Å². The molecule has 1 aliphatic heterocycles. The van der Waals surface area contributed by atoms with Crippen molar-refractivity contribution in [3.63, 3.8) is 0 Å². The lowest BCUT2D eigenvalue weighted by atomic mass is 9.75. The summed E-state index contributed by atoms with van der Waals surface area (Å²) >= 11 is 12.3. The van der Waals surface area contributed by atoms with E-state index in [2.05, 4.69) is 29.2 Å². The largest absolute Gasteiger partial charge is 0.388 e. The molecule has 2 aliphatic rings. The number of likely N-dealkylation sites (tertiary alicyclic amines) is 1. The molecule has 0 aromatic heterocycles. The summed E-state index contributed by atoms with van der Waals surface area (Å²) in [5.41, 5.74) is 8.93. The first-order chi connectivity index (χ1) is 14.4. The van der Waals surface area contributed by atoms with E-state index in [1.807, 2.05) is 18.2 Å². The van der Waals surface area contributed by atoms with Gasteiger partial charge in [0.25, 0.3) is 0 Å². The molecule has 1 aliphatic carbocycles. The summed E-state index contributed by atoms with van der Waals surface area (Å²) in [6, 6.07) is 14.9. The molecule has 1 heterocycles. The molecule has 1 saturated carbocycles. The fraction of sp³-hybridized carbons (Fsp3) is 0.520. The van der Waals surface area contributed by atoms with Crippen LogP contribution in [0, 0.1) is 0 Å². The van der Waals surface area contributed by atoms with E-state index in [1.165, 1.54) is 12.0 Å². The number of halogens is 2. The lowest BCUT2D eigenvalue weighted by Crippen LogP contribution is -2.57. The fourth-order valence-corrected chi connectivity index (χ4v) is 5.49. The Kier molecular flexibility index (Phi) is 7.06. The number of aliphatic hydroxyl groups is 1. The molecule has 5 heteroatoms. The topological polar surface area (TPSA) is 49.5 Å². The molecule has 0 bridgehead atoms. The number of benzene rings is 2. The van der Waals surface area contributed by atoms with Crippen LogP contribution in [-0.2, 0) is 6.42 Å². The number of nitrogens with two attached hydrogens (primary N) is 1. The van der Waals surface area contributed by atoms with Gasteiger partial charge in [0.1, 0.15) is 0 Å². The molecular formula is C25H32Cl2N2O. The van der Waals surface area contributed by atoms with Gasteiger partial charge >= 0.3 is 0 Å². The molecule has 30 heavy (non-hydrogen) atoms. The van der Waals surface area contributed by atoms with Crippen molar-refractivity contribution in [2.24, 2.45) is 5.73 Å². The quantitative estimate of drug-likeness (QED) is 0.619. The summed E-state index contributed by atoms with van der Waals surface area (Å²) in [4.78, 5) is 2.51. The molecule has 2 fully saturated rings. The Morgan fingerprint density at radius 2 is 1.73 bits per heavy atom. The number of piperidine rings is 1. The molecule has 162 valence electrons. The average Bonchev–Trinajstić information content (AvgIpc) is 2.76. The van der Waals surface area contributed by atoms with Gasteiger partial charge in [0, 0.05) is 25.2 Å². The zero-order chi connectivity index (χ0) is 21.1. The van der Waals surface area contributed by atoms with Gasteiger partial charge in [-0.05, 0) is 67.3 Å². The summed E-state index contributed by atoms with van der Waals surface area (Å²) in [7, 11) is 0. The van der Waals surface area contributed by atoms with Crippen molar-refractivity contribution in [3.8, 4) is 11.1 Å². The fourth-order valence-electron chi connectivity index (χ4n) is 5.19. The van der Waals surface area contributed by atoms with E-state index in [9.17, 15) is 5.11 Å². The van der Waals surface area contributed by atoms with E-state index >= 15 is 0 Å². The maximum absolute atomic E-state index is 11.7. The summed E-state index contributed by atoms with van der Waals surface area (Å²) in [6.07, 6.45) is 8.06. The van der Waals surface area contributed by atoms with Crippen molar-refractivity contribution < 1.29 is 5.11 Å². The SMILES string of the molecule is NC1CCN(C2CCCCC2(O)CCc2cccc(-c3ccc(Cl)c(Cl)c3)c2)CC1. The Morgan fingerprint density at radius 1 is 0.967 bits per heavy atom. The van der Waals surface area contributed by atoms with Gasteiger partial charge in [-0.1, -0.05) is 66.4 Å². The molecule has 2 atom stereocenters. The molecule has 2 aromatic rings. The highest BCUT2D eigenvalue weighted by Crippen LogP contribution is 2.37. The lowest BCUT2D eigenvalue weighted by molar-refractivity contribution is -0.0841. The van der Waals surface area contributed by atoms with E-state index in [-0.39, 0.29) is 6.04 Å². The van der Waals surface area contributed by atoms with Crippen LogP contribution in [0.4, 0.5) is 0 Å². The molecule has 0 spiro atoms. The van der Waals surface area contributed by atoms with Crippen molar-refractivity contribution >= 4 is 23.2 Å². The minimum absolute atomic E-state index is 0.261. The third-order valence-electron chi connectivity index (χ3n) is 7.00. The molecule has 3 N–H and O–H groups in total. The maximum Gasteiger partial charge on any atom is 0.0805 e. The van der Waals surface area contributed by atoms with E-state index in [0.29, 0.717) is 16.1 Å². The van der Waals surface area contributed by atoms with E-state index in [0.717, 1.165) is 69.2 Å². The first kappa shape index (κ1) is 22.1. The van der Waals surface area contributed by atoms with E-state index < -0.39 is 5.60 Å². The van der Waals surface area contributed by atoms with Crippen molar-refractivity contribution in [2.45, 2.75) is 69.1 Å². The Morgan fingerprint density at radius 3 is 2.50 bits per heavy atom. The number of nitrogens with zero attached hydrogens (tertiary/aromatic N) is 1. The van der Waals surface area contributed by atoms with Crippen LogP contribution in [0.1, 0.15) is 50.5 Å². The van der Waals surface area contributed by atoms with Crippen molar-refractivity contribution in [1.29, 1.82) is 0 Å². The lowest BCUT2D eigenvalue weighted by Gasteiger charge is -2.48. The van der Waals surface area contributed by atoms with Crippen LogP contribution >= 0.6 is 23.2 Å². The Hall–Kier alpha value is -1.10. The number of rotatable bonds is 5. The van der Waals surface area contributed by atoms with Gasteiger partial charge in [-0.15, -0.1) is 0 Å².